The van der Waals surface area contributed by atoms with Crippen molar-refractivity contribution in [2.75, 3.05) is 0 Å². The number of allylic oxidation sites excluding steroid dienone is 2. The second kappa shape index (κ2) is 13.2. The lowest BCUT2D eigenvalue weighted by Gasteiger charge is -2.14. The molecule has 0 aliphatic heterocycles. The van der Waals surface area contributed by atoms with Crippen LogP contribution in [0.25, 0.3) is 61.2 Å². The Balaban J connectivity index is 1.49. The number of rotatable bonds is 9. The van der Waals surface area contributed by atoms with Crippen LogP contribution in [0.4, 0.5) is 0 Å². The van der Waals surface area contributed by atoms with Gasteiger partial charge in [-0.15, -0.1) is 11.6 Å². The van der Waals surface area contributed by atoms with Crippen LogP contribution in [0.3, 0.4) is 0 Å². The molecule has 0 spiro atoms. The van der Waals surface area contributed by atoms with Crippen LogP contribution in [-0.2, 0) is 5.88 Å². The normalized spacial score (nSPS) is 11.2. The summed E-state index contributed by atoms with van der Waals surface area (Å²) in [5.41, 5.74) is 13.4. The van der Waals surface area contributed by atoms with Gasteiger partial charge in [0, 0.05) is 53.9 Å². The molecule has 3 aromatic heterocycles. The molecule has 0 aliphatic carbocycles. The molecule has 0 atom stereocenters. The molecular formula is C39H29ClN4. The number of aliphatic imine (C=N–C) groups is 1. The highest BCUT2D eigenvalue weighted by atomic mass is 35.5. The summed E-state index contributed by atoms with van der Waals surface area (Å²) in [5, 5.41) is 0. The largest absolute Gasteiger partial charge is 0.272 e. The van der Waals surface area contributed by atoms with E-state index in [0.717, 1.165) is 72.5 Å². The molecule has 6 rings (SSSR count). The number of hydrogen-bond donors (Lipinski definition) is 0. The quantitative estimate of drug-likeness (QED) is 0.0959. The van der Waals surface area contributed by atoms with Crippen LogP contribution in [0.15, 0.2) is 152 Å². The summed E-state index contributed by atoms with van der Waals surface area (Å²) >= 11 is 6.00. The van der Waals surface area contributed by atoms with Crippen molar-refractivity contribution in [3.63, 3.8) is 0 Å². The zero-order chi connectivity index (χ0) is 30.3. The van der Waals surface area contributed by atoms with Gasteiger partial charge in [-0.2, -0.15) is 0 Å². The fourth-order valence-corrected chi connectivity index (χ4v) is 5.38. The molecule has 6 aromatic rings. The Bertz CT molecular complexity index is 1910. The summed E-state index contributed by atoms with van der Waals surface area (Å²) in [6, 6.07) is 33.8. The van der Waals surface area contributed by atoms with Crippen LogP contribution in [-0.4, -0.2) is 21.7 Å². The number of hydrogen-bond acceptors (Lipinski definition) is 4. The van der Waals surface area contributed by atoms with E-state index in [0.29, 0.717) is 5.88 Å². The molecule has 0 amide bonds. The molecule has 0 N–H and O–H groups in total. The van der Waals surface area contributed by atoms with Crippen molar-refractivity contribution in [2.45, 2.75) is 5.88 Å². The fourth-order valence-electron chi connectivity index (χ4n) is 5.22. The molecule has 3 heterocycles. The molecule has 0 saturated carbocycles. The smallest absolute Gasteiger partial charge is 0.0647 e. The zero-order valence-corrected chi connectivity index (χ0v) is 24.8. The van der Waals surface area contributed by atoms with Gasteiger partial charge >= 0.3 is 0 Å². The predicted molar refractivity (Wildman–Crippen MR) is 184 cm³/mol. The molecule has 3 aromatic carbocycles. The second-order valence-electron chi connectivity index (χ2n) is 10.3. The third-order valence-electron chi connectivity index (χ3n) is 7.46. The Kier molecular flexibility index (Phi) is 8.62. The molecule has 5 heteroatoms. The minimum absolute atomic E-state index is 0.372. The van der Waals surface area contributed by atoms with Gasteiger partial charge in [0.25, 0.3) is 0 Å². The molecule has 0 radical (unpaired) electrons. The molecule has 4 nitrogen and oxygen atoms in total. The van der Waals surface area contributed by atoms with E-state index in [9.17, 15) is 0 Å². The topological polar surface area (TPSA) is 51.0 Å². The predicted octanol–water partition coefficient (Wildman–Crippen LogP) is 10.2. The van der Waals surface area contributed by atoms with Gasteiger partial charge in [-0.1, -0.05) is 49.1 Å². The summed E-state index contributed by atoms with van der Waals surface area (Å²) in [5.74, 6) is 0.372. The fraction of sp³-hybridized carbons (Fsp3) is 0.0256. The van der Waals surface area contributed by atoms with Crippen molar-refractivity contribution in [3.8, 4) is 55.6 Å². The average molecular weight is 589 g/mol. The number of halogens is 1. The highest BCUT2D eigenvalue weighted by molar-refractivity contribution is 6.16. The van der Waals surface area contributed by atoms with Crippen LogP contribution in [0.1, 0.15) is 11.3 Å². The van der Waals surface area contributed by atoms with Crippen molar-refractivity contribution in [3.05, 3.63) is 158 Å². The van der Waals surface area contributed by atoms with Gasteiger partial charge in [0.15, 0.2) is 0 Å². The minimum atomic E-state index is 0.372. The van der Waals surface area contributed by atoms with Crippen molar-refractivity contribution in [2.24, 2.45) is 4.99 Å². The van der Waals surface area contributed by atoms with Crippen LogP contribution < -0.4 is 0 Å². The van der Waals surface area contributed by atoms with E-state index in [1.807, 2.05) is 36.8 Å². The summed E-state index contributed by atoms with van der Waals surface area (Å²) in [6.07, 6.45) is 12.8. The van der Waals surface area contributed by atoms with Gasteiger partial charge in [-0.25, -0.2) is 0 Å². The van der Waals surface area contributed by atoms with Gasteiger partial charge < -0.3 is 0 Å². The number of alkyl halides is 1. The van der Waals surface area contributed by atoms with E-state index in [1.54, 1.807) is 24.7 Å². The van der Waals surface area contributed by atoms with Crippen LogP contribution in [0, 0.1) is 0 Å². The van der Waals surface area contributed by atoms with Crippen molar-refractivity contribution >= 4 is 23.9 Å². The molecule has 212 valence electrons. The third-order valence-corrected chi connectivity index (χ3v) is 7.74. The lowest BCUT2D eigenvalue weighted by atomic mass is 9.91. The molecular weight excluding hydrogens is 560 g/mol. The monoisotopic (exact) mass is 588 g/mol. The standard InChI is InChI=1S/C39H29ClN4/c1-3-27(23-41-2)33-16-34(20-38(17-33)32-11-12-39(22-40)44-26-32)28-7-4-8-29(15-28)35-18-36(30-9-5-13-42-24-30)21-37(19-35)31-10-6-14-43-25-31/h3-21,23-26H,1-2,22H2/b27-23+. The summed E-state index contributed by atoms with van der Waals surface area (Å²) in [6.45, 7) is 7.66. The first-order valence-electron chi connectivity index (χ1n) is 14.2. The first-order chi connectivity index (χ1) is 21.6. The highest BCUT2D eigenvalue weighted by Gasteiger charge is 2.12. The van der Waals surface area contributed by atoms with Crippen molar-refractivity contribution in [1.29, 1.82) is 0 Å². The first-order valence-corrected chi connectivity index (χ1v) is 14.7. The Labute approximate surface area is 262 Å². The molecule has 44 heavy (non-hydrogen) atoms. The number of benzene rings is 3. The van der Waals surface area contributed by atoms with E-state index in [1.165, 1.54) is 0 Å². The third kappa shape index (κ3) is 6.31. The average Bonchev–Trinajstić information content (AvgIpc) is 3.11. The summed E-state index contributed by atoms with van der Waals surface area (Å²) in [4.78, 5) is 17.3. The number of pyridine rings is 3. The molecule has 0 saturated heterocycles. The molecule has 0 fully saturated rings. The van der Waals surface area contributed by atoms with Gasteiger partial charge in [0.1, 0.15) is 0 Å². The van der Waals surface area contributed by atoms with E-state index in [4.69, 9.17) is 11.6 Å². The van der Waals surface area contributed by atoms with E-state index in [2.05, 4.69) is 112 Å². The lowest BCUT2D eigenvalue weighted by molar-refractivity contribution is 1.17. The van der Waals surface area contributed by atoms with Crippen molar-refractivity contribution < 1.29 is 0 Å². The van der Waals surface area contributed by atoms with Gasteiger partial charge in [0.2, 0.25) is 0 Å². The number of nitrogens with zero attached hydrogens (tertiary/aromatic N) is 4. The van der Waals surface area contributed by atoms with Gasteiger partial charge in [0.05, 0.1) is 11.6 Å². The Morgan fingerprint density at radius 1 is 0.614 bits per heavy atom. The SMILES string of the molecule is C=C/C(=C\N=C)c1cc(-c2ccc(CCl)nc2)cc(-c2cccc(-c3cc(-c4cccnc4)cc(-c4cccnc4)c3)c2)c1. The Hall–Kier alpha value is -5.45. The minimum Gasteiger partial charge on any atom is -0.272 e. The second-order valence-corrected chi connectivity index (χ2v) is 10.6. The van der Waals surface area contributed by atoms with E-state index >= 15 is 0 Å². The molecule has 0 aliphatic rings. The zero-order valence-electron chi connectivity index (χ0n) is 24.1. The molecule has 0 bridgehead atoms. The van der Waals surface area contributed by atoms with Crippen molar-refractivity contribution in [1.82, 2.24) is 15.0 Å². The van der Waals surface area contributed by atoms with E-state index in [-0.39, 0.29) is 0 Å². The maximum absolute atomic E-state index is 6.00. The van der Waals surface area contributed by atoms with Gasteiger partial charge in [-0.05, 0) is 117 Å². The Morgan fingerprint density at radius 3 is 1.59 bits per heavy atom. The van der Waals surface area contributed by atoms with Crippen LogP contribution in [0.2, 0.25) is 0 Å². The van der Waals surface area contributed by atoms with E-state index < -0.39 is 0 Å². The first kappa shape index (κ1) is 28.7. The lowest BCUT2D eigenvalue weighted by Crippen LogP contribution is -1.91. The number of aromatic nitrogens is 3. The summed E-state index contributed by atoms with van der Waals surface area (Å²) in [7, 11) is 0. The summed E-state index contributed by atoms with van der Waals surface area (Å²) < 4.78 is 0. The van der Waals surface area contributed by atoms with Gasteiger partial charge in [-0.3, -0.25) is 19.9 Å². The molecule has 0 unspecified atom stereocenters. The maximum Gasteiger partial charge on any atom is 0.0647 e. The Morgan fingerprint density at radius 2 is 1.11 bits per heavy atom. The van der Waals surface area contributed by atoms with Crippen LogP contribution in [0.5, 0.6) is 0 Å². The van der Waals surface area contributed by atoms with Crippen LogP contribution >= 0.6 is 11.6 Å². The highest BCUT2D eigenvalue weighted by Crippen LogP contribution is 2.36. The maximum atomic E-state index is 6.00.